The standard InChI is InChI=1S/C18H19NO3/c20-15-9-5-4-8-14(15)17(22)19-12-18(10-11-18)16(21)13-6-2-1-3-7-13/h1-9,16,20-21H,10-12H2,(H,19,22). The van der Waals surface area contributed by atoms with Crippen molar-refractivity contribution in [3.63, 3.8) is 0 Å². The second-order valence-electron chi connectivity index (χ2n) is 5.88. The minimum Gasteiger partial charge on any atom is -0.507 e. The Hall–Kier alpha value is -2.33. The van der Waals surface area contributed by atoms with E-state index in [-0.39, 0.29) is 22.6 Å². The summed E-state index contributed by atoms with van der Waals surface area (Å²) in [5, 5.41) is 23.1. The third-order valence-corrected chi connectivity index (χ3v) is 4.34. The van der Waals surface area contributed by atoms with Gasteiger partial charge in [-0.15, -0.1) is 0 Å². The Bertz CT molecular complexity index is 665. The van der Waals surface area contributed by atoms with Gasteiger partial charge in [-0.05, 0) is 30.5 Å². The van der Waals surface area contributed by atoms with Crippen LogP contribution in [0, 0.1) is 5.41 Å². The van der Waals surface area contributed by atoms with Gasteiger partial charge in [0.25, 0.3) is 5.91 Å². The van der Waals surface area contributed by atoms with Crippen LogP contribution in [-0.2, 0) is 0 Å². The summed E-state index contributed by atoms with van der Waals surface area (Å²) < 4.78 is 0. The zero-order valence-corrected chi connectivity index (χ0v) is 12.2. The zero-order valence-electron chi connectivity index (χ0n) is 12.2. The van der Waals surface area contributed by atoms with Gasteiger partial charge in [-0.1, -0.05) is 42.5 Å². The van der Waals surface area contributed by atoms with Crippen LogP contribution < -0.4 is 5.32 Å². The van der Waals surface area contributed by atoms with Crippen LogP contribution in [0.3, 0.4) is 0 Å². The van der Waals surface area contributed by atoms with Crippen molar-refractivity contribution in [2.75, 3.05) is 6.54 Å². The molecule has 22 heavy (non-hydrogen) atoms. The summed E-state index contributed by atoms with van der Waals surface area (Å²) in [7, 11) is 0. The van der Waals surface area contributed by atoms with Crippen molar-refractivity contribution in [1.82, 2.24) is 5.32 Å². The van der Waals surface area contributed by atoms with E-state index in [4.69, 9.17) is 0 Å². The maximum atomic E-state index is 12.1. The quantitative estimate of drug-likeness (QED) is 0.794. The van der Waals surface area contributed by atoms with Gasteiger partial charge in [0.05, 0.1) is 11.7 Å². The smallest absolute Gasteiger partial charge is 0.255 e. The first kappa shape index (κ1) is 14.6. The molecule has 0 spiro atoms. The van der Waals surface area contributed by atoms with Crippen LogP contribution in [0.1, 0.15) is 34.9 Å². The summed E-state index contributed by atoms with van der Waals surface area (Å²) >= 11 is 0. The van der Waals surface area contributed by atoms with Gasteiger partial charge in [0.2, 0.25) is 0 Å². The summed E-state index contributed by atoms with van der Waals surface area (Å²) in [5.74, 6) is -0.349. The number of carbonyl (C=O) groups excluding carboxylic acids is 1. The fourth-order valence-electron chi connectivity index (χ4n) is 2.71. The number of para-hydroxylation sites is 1. The van der Waals surface area contributed by atoms with Crippen molar-refractivity contribution in [3.8, 4) is 5.75 Å². The van der Waals surface area contributed by atoms with E-state index < -0.39 is 6.10 Å². The molecule has 2 aromatic rings. The monoisotopic (exact) mass is 297 g/mol. The van der Waals surface area contributed by atoms with Crippen molar-refractivity contribution in [2.45, 2.75) is 18.9 Å². The number of amides is 1. The summed E-state index contributed by atoms with van der Waals surface area (Å²) in [4.78, 5) is 12.1. The molecule has 0 radical (unpaired) electrons. The number of rotatable bonds is 5. The zero-order chi connectivity index (χ0) is 15.6. The van der Waals surface area contributed by atoms with E-state index in [0.717, 1.165) is 18.4 Å². The fourth-order valence-corrected chi connectivity index (χ4v) is 2.71. The third-order valence-electron chi connectivity index (χ3n) is 4.34. The van der Waals surface area contributed by atoms with Gasteiger partial charge in [-0.3, -0.25) is 4.79 Å². The number of phenols is 1. The molecule has 0 aromatic heterocycles. The molecular weight excluding hydrogens is 278 g/mol. The van der Waals surface area contributed by atoms with E-state index in [1.165, 1.54) is 6.07 Å². The third kappa shape index (κ3) is 2.83. The van der Waals surface area contributed by atoms with Gasteiger partial charge in [0.1, 0.15) is 5.75 Å². The molecule has 3 rings (SSSR count). The number of aliphatic hydroxyl groups is 1. The van der Waals surface area contributed by atoms with Gasteiger partial charge in [-0.2, -0.15) is 0 Å². The summed E-state index contributed by atoms with van der Waals surface area (Å²) in [5.41, 5.74) is 0.839. The van der Waals surface area contributed by atoms with Crippen molar-refractivity contribution in [1.29, 1.82) is 0 Å². The molecule has 114 valence electrons. The first-order valence-electron chi connectivity index (χ1n) is 7.42. The minimum absolute atomic E-state index is 0.0338. The van der Waals surface area contributed by atoms with Gasteiger partial charge in [0, 0.05) is 12.0 Å². The number of nitrogens with one attached hydrogen (secondary N) is 1. The molecule has 0 heterocycles. The first-order valence-corrected chi connectivity index (χ1v) is 7.42. The van der Waals surface area contributed by atoms with E-state index in [2.05, 4.69) is 5.32 Å². The van der Waals surface area contributed by atoms with Crippen molar-refractivity contribution in [3.05, 3.63) is 65.7 Å². The van der Waals surface area contributed by atoms with Crippen LogP contribution in [0.5, 0.6) is 5.75 Å². The summed E-state index contributed by atoms with van der Waals surface area (Å²) in [6, 6.07) is 16.0. The predicted octanol–water partition coefficient (Wildman–Crippen LogP) is 2.64. The molecular formula is C18H19NO3. The number of aromatic hydroxyl groups is 1. The summed E-state index contributed by atoms with van der Waals surface area (Å²) in [6.45, 7) is 0.399. The minimum atomic E-state index is -0.585. The molecule has 4 heteroatoms. The van der Waals surface area contributed by atoms with Crippen LogP contribution >= 0.6 is 0 Å². The summed E-state index contributed by atoms with van der Waals surface area (Å²) in [6.07, 6.45) is 1.17. The van der Waals surface area contributed by atoms with Gasteiger partial charge in [0.15, 0.2) is 0 Å². The predicted molar refractivity (Wildman–Crippen MR) is 83.5 cm³/mol. The lowest BCUT2D eigenvalue weighted by Crippen LogP contribution is -2.33. The van der Waals surface area contributed by atoms with Crippen molar-refractivity contribution < 1.29 is 15.0 Å². The largest absolute Gasteiger partial charge is 0.507 e. The van der Waals surface area contributed by atoms with Crippen LogP contribution in [0.4, 0.5) is 0 Å². The maximum absolute atomic E-state index is 12.1. The van der Waals surface area contributed by atoms with Crippen LogP contribution in [0.25, 0.3) is 0 Å². The Labute approximate surface area is 129 Å². The molecule has 2 aromatic carbocycles. The maximum Gasteiger partial charge on any atom is 0.255 e. The van der Waals surface area contributed by atoms with Crippen molar-refractivity contribution >= 4 is 5.91 Å². The molecule has 1 aliphatic rings. The second-order valence-corrected chi connectivity index (χ2v) is 5.88. The number of hydrogen-bond acceptors (Lipinski definition) is 3. The molecule has 1 aliphatic carbocycles. The number of aliphatic hydroxyl groups excluding tert-OH is 1. The first-order chi connectivity index (χ1) is 10.6. The van der Waals surface area contributed by atoms with Gasteiger partial charge >= 0.3 is 0 Å². The fraction of sp³-hybridized carbons (Fsp3) is 0.278. The average molecular weight is 297 g/mol. The van der Waals surface area contributed by atoms with E-state index >= 15 is 0 Å². The molecule has 0 saturated heterocycles. The average Bonchev–Trinajstić information content (AvgIpc) is 3.34. The van der Waals surface area contributed by atoms with E-state index in [1.807, 2.05) is 30.3 Å². The highest BCUT2D eigenvalue weighted by Crippen LogP contribution is 2.54. The van der Waals surface area contributed by atoms with E-state index in [0.29, 0.717) is 6.54 Å². The van der Waals surface area contributed by atoms with Crippen LogP contribution in [-0.4, -0.2) is 22.7 Å². The molecule has 0 bridgehead atoms. The number of carbonyl (C=O) groups is 1. The number of hydrogen-bond donors (Lipinski definition) is 3. The van der Waals surface area contributed by atoms with Gasteiger partial charge < -0.3 is 15.5 Å². The van der Waals surface area contributed by atoms with Crippen LogP contribution in [0.15, 0.2) is 54.6 Å². The molecule has 3 N–H and O–H groups in total. The highest BCUT2D eigenvalue weighted by Gasteiger charge is 2.49. The van der Waals surface area contributed by atoms with E-state index in [9.17, 15) is 15.0 Å². The second kappa shape index (κ2) is 5.81. The van der Waals surface area contributed by atoms with Crippen molar-refractivity contribution in [2.24, 2.45) is 5.41 Å². The Balaban J connectivity index is 1.66. The lowest BCUT2D eigenvalue weighted by molar-refractivity contribution is 0.0806. The van der Waals surface area contributed by atoms with Gasteiger partial charge in [-0.25, -0.2) is 0 Å². The SMILES string of the molecule is O=C(NCC1(C(O)c2ccccc2)CC1)c1ccccc1O. The molecule has 1 fully saturated rings. The number of phenolic OH excluding ortho intramolecular Hbond substituents is 1. The normalized spacial score (nSPS) is 16.8. The molecule has 1 amide bonds. The van der Waals surface area contributed by atoms with E-state index in [1.54, 1.807) is 18.2 Å². The Morgan fingerprint density at radius 3 is 2.36 bits per heavy atom. The molecule has 1 unspecified atom stereocenters. The highest BCUT2D eigenvalue weighted by molar-refractivity contribution is 5.96. The van der Waals surface area contributed by atoms with Crippen LogP contribution in [0.2, 0.25) is 0 Å². The molecule has 1 saturated carbocycles. The Morgan fingerprint density at radius 1 is 1.09 bits per heavy atom. The topological polar surface area (TPSA) is 69.6 Å². The molecule has 0 aliphatic heterocycles. The number of benzene rings is 2. The Morgan fingerprint density at radius 2 is 1.73 bits per heavy atom. The lowest BCUT2D eigenvalue weighted by atomic mass is 9.92. The molecule has 1 atom stereocenters. The Kier molecular flexibility index (Phi) is 3.86. The molecule has 4 nitrogen and oxygen atoms in total. The lowest BCUT2D eigenvalue weighted by Gasteiger charge is -2.23. The highest BCUT2D eigenvalue weighted by atomic mass is 16.3.